The Morgan fingerprint density at radius 3 is 1.43 bits per heavy atom. The Morgan fingerprint density at radius 1 is 0.328 bits per heavy atom. The molecule has 0 saturated heterocycles. The van der Waals surface area contributed by atoms with Gasteiger partial charge < -0.3 is 4.74 Å². The first-order chi connectivity index (χ1) is 28.8. The van der Waals surface area contributed by atoms with Crippen LogP contribution < -0.4 is 4.74 Å². The van der Waals surface area contributed by atoms with E-state index in [2.05, 4.69) is 206 Å². The normalized spacial score (nSPS) is 13.1. The van der Waals surface area contributed by atoms with Gasteiger partial charge in [0, 0.05) is 28.5 Å². The first kappa shape index (κ1) is 32.7. The Kier molecular flexibility index (Phi) is 7.18. The van der Waals surface area contributed by atoms with Crippen molar-refractivity contribution in [1.29, 1.82) is 0 Å². The van der Waals surface area contributed by atoms with Gasteiger partial charge >= 0.3 is 0 Å². The van der Waals surface area contributed by atoms with Crippen LogP contribution >= 0.6 is 0 Å². The number of aromatic nitrogens is 1. The van der Waals surface area contributed by atoms with Gasteiger partial charge in [0.25, 0.3) is 0 Å². The Hall–Kier alpha value is -7.55. The van der Waals surface area contributed by atoms with Gasteiger partial charge in [0.15, 0.2) is 0 Å². The second kappa shape index (κ2) is 12.7. The number of benzene rings is 9. The minimum atomic E-state index is -0.458. The molecule has 0 saturated carbocycles. The van der Waals surface area contributed by atoms with Crippen LogP contribution in [0.4, 0.5) is 0 Å². The molecule has 2 heterocycles. The molecule has 1 aliphatic carbocycles. The Bertz CT molecular complexity index is 3130. The molecule has 1 aromatic heterocycles. The zero-order chi connectivity index (χ0) is 38.2. The number of fused-ring (bicyclic) bond motifs is 11. The molecule has 58 heavy (non-hydrogen) atoms. The predicted octanol–water partition coefficient (Wildman–Crippen LogP) is 14.5. The lowest BCUT2D eigenvalue weighted by Gasteiger charge is -2.39. The standard InChI is InChI=1S/C56H35NO/c1-2-14-38(15-3-1)54-42-17-4-6-19-44(42)55(45-20-7-5-18-43(45)54)40-31-33-51(57-35-40)37-28-26-36(27-29-37)39-30-32-48-46(34-39)41-16-8-9-21-47(41)56(48)49-22-10-12-24-52(49)58-53-25-13-11-23-50(53)56/h1-35H. The molecule has 0 bridgehead atoms. The lowest BCUT2D eigenvalue weighted by Crippen LogP contribution is -2.32. The van der Waals surface area contributed by atoms with Crippen molar-refractivity contribution in [2.24, 2.45) is 0 Å². The van der Waals surface area contributed by atoms with Crippen molar-refractivity contribution in [3.05, 3.63) is 235 Å². The summed E-state index contributed by atoms with van der Waals surface area (Å²) in [5, 5.41) is 4.95. The van der Waals surface area contributed by atoms with Crippen molar-refractivity contribution in [2.45, 2.75) is 5.41 Å². The van der Waals surface area contributed by atoms with E-state index in [9.17, 15) is 0 Å². The van der Waals surface area contributed by atoms with E-state index < -0.39 is 5.41 Å². The van der Waals surface area contributed by atoms with Crippen LogP contribution in [0.15, 0.2) is 212 Å². The number of hydrogen-bond donors (Lipinski definition) is 0. The van der Waals surface area contributed by atoms with Crippen LogP contribution in [0.5, 0.6) is 11.5 Å². The third kappa shape index (κ3) is 4.69. The van der Waals surface area contributed by atoms with Crippen molar-refractivity contribution >= 4 is 21.5 Å². The Labute approximate surface area is 337 Å². The van der Waals surface area contributed by atoms with Crippen LogP contribution in [0.25, 0.3) is 77.3 Å². The van der Waals surface area contributed by atoms with Gasteiger partial charge in [-0.05, 0) is 95.9 Å². The van der Waals surface area contributed by atoms with Gasteiger partial charge in [-0.1, -0.05) is 182 Å². The maximum Gasteiger partial charge on any atom is 0.132 e. The predicted molar refractivity (Wildman–Crippen MR) is 238 cm³/mol. The van der Waals surface area contributed by atoms with Gasteiger partial charge in [0.1, 0.15) is 11.5 Å². The minimum Gasteiger partial charge on any atom is -0.457 e. The summed E-state index contributed by atoms with van der Waals surface area (Å²) in [6.45, 7) is 0. The fourth-order valence-corrected chi connectivity index (χ4v) is 9.94. The number of para-hydroxylation sites is 2. The van der Waals surface area contributed by atoms with E-state index in [4.69, 9.17) is 9.72 Å². The zero-order valence-electron chi connectivity index (χ0n) is 31.6. The second-order valence-electron chi connectivity index (χ2n) is 15.4. The molecule has 2 nitrogen and oxygen atoms in total. The van der Waals surface area contributed by atoms with Crippen molar-refractivity contribution in [3.8, 4) is 67.3 Å². The molecule has 12 rings (SSSR count). The van der Waals surface area contributed by atoms with E-state index in [0.29, 0.717) is 0 Å². The van der Waals surface area contributed by atoms with Gasteiger partial charge in [-0.25, -0.2) is 0 Å². The quantitative estimate of drug-likeness (QED) is 0.168. The van der Waals surface area contributed by atoms with Crippen molar-refractivity contribution in [3.63, 3.8) is 0 Å². The number of nitrogens with zero attached hydrogens (tertiary/aromatic N) is 1. The lowest BCUT2D eigenvalue weighted by atomic mass is 9.66. The molecule has 1 spiro atoms. The molecule has 1 aliphatic heterocycles. The smallest absolute Gasteiger partial charge is 0.132 e. The third-order valence-corrected chi connectivity index (χ3v) is 12.4. The Balaban J connectivity index is 0.920. The number of pyridine rings is 1. The molecule has 2 aliphatic rings. The molecular weight excluding hydrogens is 703 g/mol. The maximum atomic E-state index is 6.51. The van der Waals surface area contributed by atoms with Gasteiger partial charge in [-0.3, -0.25) is 4.98 Å². The largest absolute Gasteiger partial charge is 0.457 e. The van der Waals surface area contributed by atoms with Crippen molar-refractivity contribution in [2.75, 3.05) is 0 Å². The first-order valence-corrected chi connectivity index (χ1v) is 19.9. The summed E-state index contributed by atoms with van der Waals surface area (Å²) in [6.07, 6.45) is 2.04. The fourth-order valence-electron chi connectivity index (χ4n) is 9.94. The van der Waals surface area contributed by atoms with E-state index in [1.165, 1.54) is 82.7 Å². The highest BCUT2D eigenvalue weighted by atomic mass is 16.5. The van der Waals surface area contributed by atoms with Crippen LogP contribution in [0.3, 0.4) is 0 Å². The minimum absolute atomic E-state index is 0.458. The molecule has 10 aromatic rings. The molecule has 270 valence electrons. The summed E-state index contributed by atoms with van der Waals surface area (Å²) >= 11 is 0. The highest BCUT2D eigenvalue weighted by Gasteiger charge is 2.50. The van der Waals surface area contributed by atoms with Gasteiger partial charge in [0.2, 0.25) is 0 Å². The fraction of sp³-hybridized carbons (Fsp3) is 0.0179. The average molecular weight is 738 g/mol. The van der Waals surface area contributed by atoms with Gasteiger partial charge in [0.05, 0.1) is 11.1 Å². The molecule has 0 atom stereocenters. The summed E-state index contributed by atoms with van der Waals surface area (Å²) in [5.74, 6) is 1.82. The number of rotatable bonds is 4. The van der Waals surface area contributed by atoms with Crippen LogP contribution in [0, 0.1) is 0 Å². The molecule has 0 N–H and O–H groups in total. The second-order valence-corrected chi connectivity index (χ2v) is 15.4. The van der Waals surface area contributed by atoms with E-state index in [-0.39, 0.29) is 0 Å². The van der Waals surface area contributed by atoms with Crippen LogP contribution in [-0.4, -0.2) is 4.98 Å². The van der Waals surface area contributed by atoms with Gasteiger partial charge in [-0.2, -0.15) is 0 Å². The molecule has 0 radical (unpaired) electrons. The molecular formula is C56H35NO. The zero-order valence-corrected chi connectivity index (χ0v) is 31.6. The summed E-state index contributed by atoms with van der Waals surface area (Å²) < 4.78 is 6.51. The summed E-state index contributed by atoms with van der Waals surface area (Å²) in [4.78, 5) is 5.07. The Morgan fingerprint density at radius 2 is 0.810 bits per heavy atom. The van der Waals surface area contributed by atoms with E-state index in [1.807, 2.05) is 6.20 Å². The van der Waals surface area contributed by atoms with E-state index >= 15 is 0 Å². The number of ether oxygens (including phenoxy) is 1. The van der Waals surface area contributed by atoms with Crippen LogP contribution in [0.2, 0.25) is 0 Å². The monoisotopic (exact) mass is 737 g/mol. The topological polar surface area (TPSA) is 22.1 Å². The lowest BCUT2D eigenvalue weighted by molar-refractivity contribution is 0.436. The molecule has 2 heteroatoms. The van der Waals surface area contributed by atoms with E-state index in [1.54, 1.807) is 0 Å². The third-order valence-electron chi connectivity index (χ3n) is 12.4. The average Bonchev–Trinajstić information content (AvgIpc) is 3.58. The molecule has 9 aromatic carbocycles. The van der Waals surface area contributed by atoms with Crippen molar-refractivity contribution < 1.29 is 4.74 Å². The first-order valence-electron chi connectivity index (χ1n) is 19.9. The summed E-state index contributed by atoms with van der Waals surface area (Å²) in [5.41, 5.74) is 16.2. The van der Waals surface area contributed by atoms with Crippen molar-refractivity contribution in [1.82, 2.24) is 4.98 Å². The SMILES string of the molecule is c1ccc(-c2c3ccccc3c(-c3ccc(-c4ccc(-c5ccc6c(c5)-c5ccccc5C65c6ccccc6Oc6ccccc65)cc4)nc3)c3ccccc23)cc1. The van der Waals surface area contributed by atoms with Crippen LogP contribution in [0.1, 0.15) is 22.3 Å². The van der Waals surface area contributed by atoms with E-state index in [0.717, 1.165) is 28.3 Å². The highest BCUT2D eigenvalue weighted by molar-refractivity contribution is 6.21. The highest BCUT2D eigenvalue weighted by Crippen LogP contribution is 2.62. The summed E-state index contributed by atoms with van der Waals surface area (Å²) in [6, 6.07) is 74.5. The van der Waals surface area contributed by atoms with Crippen LogP contribution in [-0.2, 0) is 5.41 Å². The van der Waals surface area contributed by atoms with Gasteiger partial charge in [-0.15, -0.1) is 0 Å². The molecule has 0 fully saturated rings. The number of hydrogen-bond acceptors (Lipinski definition) is 2. The maximum absolute atomic E-state index is 6.51. The summed E-state index contributed by atoms with van der Waals surface area (Å²) in [7, 11) is 0. The molecule has 0 unspecified atom stereocenters. The molecule has 0 amide bonds.